The predicted molar refractivity (Wildman–Crippen MR) is 132 cm³/mol. The van der Waals surface area contributed by atoms with Gasteiger partial charge in [-0.25, -0.2) is 14.2 Å². The molecule has 174 valence electrons. The first kappa shape index (κ1) is 25.3. The highest BCUT2D eigenvalue weighted by molar-refractivity contribution is 9.10. The number of thiazole rings is 1. The lowest BCUT2D eigenvalue weighted by molar-refractivity contribution is -0.145. The van der Waals surface area contributed by atoms with Gasteiger partial charge in [-0.1, -0.05) is 35.8 Å². The molecule has 6 nitrogen and oxygen atoms in total. The Bertz CT molecular complexity index is 999. The number of carboxylic acid groups (broad SMARTS) is 1. The van der Waals surface area contributed by atoms with E-state index in [4.69, 9.17) is 11.6 Å². The zero-order chi connectivity index (χ0) is 23.5. The number of amides is 2. The van der Waals surface area contributed by atoms with Crippen molar-refractivity contribution in [2.75, 3.05) is 22.5 Å². The molecule has 11 heteroatoms. The predicted octanol–water partition coefficient (Wildman–Crippen LogP) is 7.13. The summed E-state index contributed by atoms with van der Waals surface area (Å²) >= 11 is 11.9. The van der Waals surface area contributed by atoms with Gasteiger partial charge < -0.3 is 5.11 Å². The van der Waals surface area contributed by atoms with E-state index in [1.54, 1.807) is 26.1 Å². The van der Waals surface area contributed by atoms with Crippen LogP contribution in [0.3, 0.4) is 0 Å². The van der Waals surface area contributed by atoms with E-state index in [1.165, 1.54) is 34.1 Å². The summed E-state index contributed by atoms with van der Waals surface area (Å²) in [6.45, 7) is 3.70. The number of carbonyl (C=O) groups excluding carboxylic acids is 1. The molecule has 0 bridgehead atoms. The van der Waals surface area contributed by atoms with E-state index in [1.807, 2.05) is 0 Å². The molecule has 1 aliphatic rings. The molecule has 1 saturated carbocycles. The van der Waals surface area contributed by atoms with E-state index in [-0.39, 0.29) is 10.7 Å². The molecule has 0 unspecified atom stereocenters. The normalized spacial score (nSPS) is 14.5. The Morgan fingerprint density at radius 2 is 2.09 bits per heavy atom. The molecule has 2 N–H and O–H groups in total. The standard InChI is InChI=1S/C21H24BrClFN3O3S2/c1-21(2,18(28)29)11-31-15-9-25-19(32-15)26-20(30)27(10-12-5-3-4-6-12)14-8-7-13(22)16(23)17(14)24/h7-9,12H,3-6,10-11H2,1-2H3,(H,28,29)(H,25,26,30). The number of halogens is 3. The molecule has 2 aromatic rings. The van der Waals surface area contributed by atoms with E-state index < -0.39 is 23.2 Å². The van der Waals surface area contributed by atoms with E-state index in [0.717, 1.165) is 29.9 Å². The fourth-order valence-electron chi connectivity index (χ4n) is 3.32. The maximum atomic E-state index is 14.9. The monoisotopic (exact) mass is 563 g/mol. The van der Waals surface area contributed by atoms with Crippen molar-refractivity contribution in [3.63, 3.8) is 0 Å². The number of thioether (sulfide) groups is 1. The summed E-state index contributed by atoms with van der Waals surface area (Å²) in [6.07, 6.45) is 5.79. The quantitative estimate of drug-likeness (QED) is 0.263. The van der Waals surface area contributed by atoms with Gasteiger partial charge in [-0.15, -0.1) is 11.8 Å². The zero-order valence-corrected chi connectivity index (χ0v) is 21.6. The summed E-state index contributed by atoms with van der Waals surface area (Å²) in [5, 5.41) is 12.3. The number of aliphatic carboxylic acids is 1. The van der Waals surface area contributed by atoms with E-state index in [0.29, 0.717) is 27.8 Å². The Morgan fingerprint density at radius 1 is 1.41 bits per heavy atom. The molecule has 1 aliphatic carbocycles. The van der Waals surface area contributed by atoms with Crippen LogP contribution in [0.25, 0.3) is 0 Å². The van der Waals surface area contributed by atoms with Crippen LogP contribution in [0, 0.1) is 17.2 Å². The second-order valence-electron chi connectivity index (χ2n) is 8.35. The second-order valence-corrected chi connectivity index (χ2v) is 11.9. The minimum absolute atomic E-state index is 0.0688. The van der Waals surface area contributed by atoms with Crippen LogP contribution < -0.4 is 10.2 Å². The molecular weight excluding hydrogens is 541 g/mol. The molecular formula is C21H24BrClFN3O3S2. The molecule has 1 aromatic carbocycles. The van der Waals surface area contributed by atoms with Crippen LogP contribution in [0.15, 0.2) is 27.0 Å². The van der Waals surface area contributed by atoms with Gasteiger partial charge in [0.1, 0.15) is 0 Å². The van der Waals surface area contributed by atoms with Crippen LogP contribution in [-0.4, -0.2) is 34.4 Å². The Balaban J connectivity index is 1.75. The minimum Gasteiger partial charge on any atom is -0.481 e. The molecule has 1 aromatic heterocycles. The molecule has 3 rings (SSSR count). The zero-order valence-electron chi connectivity index (χ0n) is 17.7. The summed E-state index contributed by atoms with van der Waals surface area (Å²) in [6, 6.07) is 2.68. The number of anilines is 2. The number of carbonyl (C=O) groups is 2. The largest absolute Gasteiger partial charge is 0.481 e. The molecule has 0 atom stereocenters. The fourth-order valence-corrected chi connectivity index (χ4v) is 5.73. The van der Waals surface area contributed by atoms with Gasteiger partial charge in [-0.2, -0.15) is 0 Å². The number of hydrogen-bond donors (Lipinski definition) is 2. The minimum atomic E-state index is -0.880. The number of nitrogens with one attached hydrogen (secondary N) is 1. The van der Waals surface area contributed by atoms with Gasteiger partial charge in [0.2, 0.25) is 0 Å². The summed E-state index contributed by atoms with van der Waals surface area (Å²) in [4.78, 5) is 30.0. The van der Waals surface area contributed by atoms with Crippen LogP contribution in [0.2, 0.25) is 5.02 Å². The Morgan fingerprint density at radius 3 is 2.75 bits per heavy atom. The number of carboxylic acids is 1. The van der Waals surface area contributed by atoms with Crippen molar-refractivity contribution in [2.24, 2.45) is 11.3 Å². The van der Waals surface area contributed by atoms with Crippen LogP contribution in [0.1, 0.15) is 39.5 Å². The molecule has 2 amide bonds. The molecule has 32 heavy (non-hydrogen) atoms. The molecule has 1 heterocycles. The molecule has 1 fully saturated rings. The van der Waals surface area contributed by atoms with Crippen LogP contribution in [-0.2, 0) is 4.79 Å². The second kappa shape index (κ2) is 10.7. The number of nitrogens with zero attached hydrogens (tertiary/aromatic N) is 2. The Kier molecular flexibility index (Phi) is 8.46. The van der Waals surface area contributed by atoms with Crippen molar-refractivity contribution >= 4 is 73.4 Å². The van der Waals surface area contributed by atoms with Gasteiger partial charge in [0.05, 0.1) is 26.5 Å². The van der Waals surface area contributed by atoms with Crippen LogP contribution in [0.5, 0.6) is 0 Å². The Hall–Kier alpha value is -1.36. The highest BCUT2D eigenvalue weighted by atomic mass is 79.9. The van der Waals surface area contributed by atoms with Gasteiger partial charge in [0, 0.05) is 16.8 Å². The van der Waals surface area contributed by atoms with Crippen molar-refractivity contribution in [3.05, 3.63) is 33.6 Å². The van der Waals surface area contributed by atoms with Crippen LogP contribution in [0.4, 0.5) is 20.0 Å². The first-order valence-corrected chi connectivity index (χ1v) is 13.1. The number of benzene rings is 1. The lowest BCUT2D eigenvalue weighted by Gasteiger charge is -2.26. The molecule has 0 aliphatic heterocycles. The van der Waals surface area contributed by atoms with Gasteiger partial charge in [-0.05, 0) is 60.7 Å². The lowest BCUT2D eigenvalue weighted by atomic mass is 9.97. The molecule has 0 spiro atoms. The third kappa shape index (κ3) is 6.15. The van der Waals surface area contributed by atoms with Crippen molar-refractivity contribution in [1.82, 2.24) is 4.98 Å². The molecule has 0 radical (unpaired) electrons. The summed E-state index contributed by atoms with van der Waals surface area (Å²) < 4.78 is 16.1. The van der Waals surface area contributed by atoms with Gasteiger partial charge in [0.15, 0.2) is 10.9 Å². The highest BCUT2D eigenvalue weighted by Gasteiger charge is 2.29. The third-order valence-electron chi connectivity index (χ3n) is 5.32. The van der Waals surface area contributed by atoms with Gasteiger partial charge >= 0.3 is 12.0 Å². The van der Waals surface area contributed by atoms with E-state index in [2.05, 4.69) is 26.2 Å². The summed E-state index contributed by atoms with van der Waals surface area (Å²) in [5.74, 6) is -0.863. The third-order valence-corrected chi connectivity index (χ3v) is 9.14. The average Bonchev–Trinajstić information content (AvgIpc) is 3.41. The first-order chi connectivity index (χ1) is 15.1. The Labute approximate surface area is 208 Å². The fraction of sp³-hybridized carbons (Fsp3) is 0.476. The van der Waals surface area contributed by atoms with Crippen molar-refractivity contribution in [2.45, 2.75) is 43.7 Å². The number of hydrogen-bond acceptors (Lipinski definition) is 5. The maximum absolute atomic E-state index is 14.9. The van der Waals surface area contributed by atoms with Gasteiger partial charge in [0.25, 0.3) is 0 Å². The average molecular weight is 565 g/mol. The maximum Gasteiger partial charge on any atom is 0.328 e. The smallest absolute Gasteiger partial charge is 0.328 e. The van der Waals surface area contributed by atoms with Gasteiger partial charge in [-0.3, -0.25) is 15.0 Å². The summed E-state index contributed by atoms with van der Waals surface area (Å²) in [5.41, 5.74) is -0.758. The van der Waals surface area contributed by atoms with Crippen molar-refractivity contribution in [3.8, 4) is 0 Å². The van der Waals surface area contributed by atoms with Crippen molar-refractivity contribution in [1.29, 1.82) is 0 Å². The number of aromatic nitrogens is 1. The van der Waals surface area contributed by atoms with Crippen molar-refractivity contribution < 1.29 is 19.1 Å². The SMILES string of the molecule is CC(C)(CSc1cnc(NC(=O)N(CC2CCCC2)c2ccc(Br)c(Cl)c2F)s1)C(=O)O. The van der Waals surface area contributed by atoms with E-state index in [9.17, 15) is 19.1 Å². The molecule has 0 saturated heterocycles. The lowest BCUT2D eigenvalue weighted by Crippen LogP contribution is -2.38. The topological polar surface area (TPSA) is 82.5 Å². The summed E-state index contributed by atoms with van der Waals surface area (Å²) in [7, 11) is 0. The number of urea groups is 1. The first-order valence-electron chi connectivity index (χ1n) is 10.1. The van der Waals surface area contributed by atoms with E-state index >= 15 is 0 Å². The highest BCUT2D eigenvalue weighted by Crippen LogP contribution is 2.36. The number of rotatable bonds is 8. The van der Waals surface area contributed by atoms with Crippen LogP contribution >= 0.6 is 50.6 Å².